The number of nitrogens with zero attached hydrogens (tertiary/aromatic N) is 1. The Morgan fingerprint density at radius 2 is 1.79 bits per heavy atom. The molecule has 1 rings (SSSR count). The van der Waals surface area contributed by atoms with Gasteiger partial charge < -0.3 is 47.1 Å². The van der Waals surface area contributed by atoms with Crippen LogP contribution in [0.1, 0.15) is 52.5 Å². The largest absolute Gasteiger partial charge is 1.00 e. The van der Waals surface area contributed by atoms with E-state index in [0.29, 0.717) is 5.69 Å². The fourth-order valence-electron chi connectivity index (χ4n) is 3.17. The molecule has 204 valence electrons. The first-order valence-electron chi connectivity index (χ1n) is 12.4. The van der Waals surface area contributed by atoms with E-state index in [2.05, 4.69) is 25.9 Å². The van der Waals surface area contributed by atoms with Gasteiger partial charge in [-0.3, -0.25) is 24.0 Å². The molecule has 38 heavy (non-hydrogen) atoms. The molecule has 0 aromatic carbocycles. The predicted molar refractivity (Wildman–Crippen MR) is 125 cm³/mol. The molecule has 4 amide bonds. The number of ketones is 1. The number of carboxylic acids is 1. The zero-order valence-electron chi connectivity index (χ0n) is 23.2. The van der Waals surface area contributed by atoms with Crippen molar-refractivity contribution < 1.29 is 71.0 Å². The van der Waals surface area contributed by atoms with Crippen LogP contribution in [-0.2, 0) is 40.0 Å². The number of aromatic amines is 1. The average Bonchev–Trinajstić information content (AvgIpc) is 3.36. The Labute approximate surface area is 243 Å². The first-order valence-corrected chi connectivity index (χ1v) is 11.4. The summed E-state index contributed by atoms with van der Waals surface area (Å²) in [4.78, 5) is 90.2. The van der Waals surface area contributed by atoms with E-state index in [1.165, 1.54) is 12.5 Å². The number of nitrogens with one attached hydrogen (secondary N) is 4. The molecule has 15 nitrogen and oxygen atoms in total. The zero-order valence-corrected chi connectivity index (χ0v) is 23.2. The van der Waals surface area contributed by atoms with Crippen LogP contribution < -0.4 is 62.1 Å². The molecule has 1 aromatic heterocycles. The third-order valence-electron chi connectivity index (χ3n) is 5.25. The van der Waals surface area contributed by atoms with E-state index in [9.17, 15) is 38.7 Å². The van der Waals surface area contributed by atoms with Crippen molar-refractivity contribution in [3.63, 3.8) is 0 Å². The maximum Gasteiger partial charge on any atom is 1.00 e. The topological polar surface area (TPSA) is 259 Å². The molecule has 4 atom stereocenters. The van der Waals surface area contributed by atoms with E-state index in [1.54, 1.807) is 0 Å². The van der Waals surface area contributed by atoms with Gasteiger partial charge in [0.05, 0.1) is 18.4 Å². The number of H-pyrrole nitrogens is 1. The molecule has 8 N–H and O–H groups in total. The van der Waals surface area contributed by atoms with E-state index in [1.807, 2.05) is 5.73 Å². The number of rotatable bonds is 19. The maximum atomic E-state index is 13.0. The summed E-state index contributed by atoms with van der Waals surface area (Å²) in [6.45, 7) is 1.16. The molecule has 0 aliphatic rings. The number of Topliss-reactive ketones (excluding diaryl/α,β-unsaturated/α-hetero) is 1. The maximum absolute atomic E-state index is 13.0. The summed E-state index contributed by atoms with van der Waals surface area (Å²) in [6, 6.07) is -5.04. The van der Waals surface area contributed by atoms with Crippen molar-refractivity contribution in [1.82, 2.24) is 25.9 Å². The Hall–Kier alpha value is -3.14. The van der Waals surface area contributed by atoms with Crippen LogP contribution in [0.15, 0.2) is 12.5 Å². The third kappa shape index (κ3) is 13.4. The van der Waals surface area contributed by atoms with Gasteiger partial charge in [-0.15, -0.1) is 0 Å². The van der Waals surface area contributed by atoms with Crippen LogP contribution in [0.4, 0.5) is 0 Å². The minimum absolute atomic E-state index is 0. The number of aromatic nitrogens is 2. The standard InChI is InChI=1S/C22H33N7O8.Na/c1-12(31)15(3-2-8-30)28-22(37)16(29-21(36)14(23)4-7-19(33)34)5-6-18(32)27-17(20(24)35)9-13-10-25-11-26-13;/h8,10-11,14-17H,2-7,9,23H2,1H3,(H2,24,35)(H,25,26)(H,27,32)(H,28,37)(H,29,36)(H,33,34);/q;+1/p-1/i8T;/hD. The normalized spacial score (nSPS) is 14.2. The second-order valence-corrected chi connectivity index (χ2v) is 8.22. The summed E-state index contributed by atoms with van der Waals surface area (Å²) >= 11 is 0. The Bertz CT molecular complexity index is 1040. The number of amides is 4. The number of carboxylic acid groups (broad SMARTS) is 1. The van der Waals surface area contributed by atoms with Crippen LogP contribution in [0.3, 0.4) is 0 Å². The van der Waals surface area contributed by atoms with Gasteiger partial charge in [0.1, 0.15) is 21.1 Å². The molecule has 16 heteroatoms. The number of nitrogens with two attached hydrogens (primary N) is 2. The second-order valence-electron chi connectivity index (χ2n) is 8.22. The summed E-state index contributed by atoms with van der Waals surface area (Å²) in [5, 5.41) is 17.9. The number of aliphatic carboxylic acids is 1. The molecular weight excluding hydrogens is 513 g/mol. The molecule has 1 heterocycles. The smallest absolute Gasteiger partial charge is 0.550 e. The van der Waals surface area contributed by atoms with Gasteiger partial charge in [-0.05, 0) is 32.6 Å². The molecule has 0 aliphatic carbocycles. The summed E-state index contributed by atoms with van der Waals surface area (Å²) < 4.78 is 14.3. The van der Waals surface area contributed by atoms with Crippen LogP contribution in [-0.4, -0.2) is 75.8 Å². The predicted octanol–water partition coefficient (Wildman–Crippen LogP) is -6.90. The molecule has 0 saturated carbocycles. The van der Waals surface area contributed by atoms with Crippen LogP contribution >= 0.6 is 0 Å². The van der Waals surface area contributed by atoms with Gasteiger partial charge in [0, 0.05) is 37.1 Å². The Kier molecular flexibility index (Phi) is 14.9. The molecule has 0 aliphatic heterocycles. The van der Waals surface area contributed by atoms with E-state index in [-0.39, 0.29) is 68.1 Å². The van der Waals surface area contributed by atoms with Gasteiger partial charge in [0.2, 0.25) is 23.6 Å². The van der Waals surface area contributed by atoms with Gasteiger partial charge in [-0.2, -0.15) is 0 Å². The summed E-state index contributed by atoms with van der Waals surface area (Å²) in [5.41, 5.74) is 7.76. The molecule has 0 radical (unpaired) electrons. The van der Waals surface area contributed by atoms with Crippen molar-refractivity contribution >= 4 is 41.6 Å². The first-order chi connectivity index (χ1) is 18.3. The molecule has 4 unspecified atom stereocenters. The van der Waals surface area contributed by atoms with Crippen molar-refractivity contribution in [3.05, 3.63) is 18.2 Å². The number of primary amides is 1. The quantitative estimate of drug-likeness (QED) is 0.0703. The fraction of sp³-hybridized carbons (Fsp3) is 0.545. The molecular formula is C22H32N7NaO8. The van der Waals surface area contributed by atoms with Gasteiger partial charge in [-0.25, -0.2) is 4.98 Å². The fourth-order valence-corrected chi connectivity index (χ4v) is 3.17. The van der Waals surface area contributed by atoms with Crippen LogP contribution in [0.5, 0.6) is 0 Å². The van der Waals surface area contributed by atoms with Crippen molar-refractivity contribution in [2.45, 2.75) is 76.0 Å². The summed E-state index contributed by atoms with van der Waals surface area (Å²) in [5.74, 6) is -5.33. The number of hydrogen-bond donors (Lipinski definition) is 6. The Morgan fingerprint density at radius 1 is 1.11 bits per heavy atom. The summed E-state index contributed by atoms with van der Waals surface area (Å²) in [6.07, 6.45) is -0.200. The number of carbonyl (C=O) groups is 7. The SMILES string of the molecule is [2H]NC(CCC(=O)[O-])C(=O)NC(CCC(=O)NC(Cc1cnc[nH]1)C(N)=O)C(=O)NC(CCC([3H])=O)C(C)=O.[Na+]. The van der Waals surface area contributed by atoms with E-state index < -0.39 is 72.2 Å². The third-order valence-corrected chi connectivity index (χ3v) is 5.25. The summed E-state index contributed by atoms with van der Waals surface area (Å²) in [7, 11) is 0. The monoisotopic (exact) mass is 548 g/mol. The minimum Gasteiger partial charge on any atom is -0.550 e. The number of carbonyl (C=O) groups excluding carboxylic acids is 7. The number of imidazole rings is 1. The van der Waals surface area contributed by atoms with Crippen LogP contribution in [0, 0.1) is 0 Å². The molecule has 0 bridgehead atoms. The van der Waals surface area contributed by atoms with Gasteiger partial charge >= 0.3 is 29.6 Å². The average molecular weight is 549 g/mol. The van der Waals surface area contributed by atoms with Crippen molar-refractivity contribution in [2.24, 2.45) is 11.5 Å². The first kappa shape index (κ1) is 31.1. The van der Waals surface area contributed by atoms with Gasteiger partial charge in [0.15, 0.2) is 5.78 Å². The van der Waals surface area contributed by atoms with Gasteiger partial charge in [-0.1, -0.05) is 0 Å². The van der Waals surface area contributed by atoms with E-state index in [4.69, 9.17) is 8.52 Å². The minimum atomic E-state index is -1.46. The van der Waals surface area contributed by atoms with E-state index >= 15 is 0 Å². The van der Waals surface area contributed by atoms with Crippen molar-refractivity contribution in [1.29, 1.82) is 0 Å². The molecule has 0 spiro atoms. The van der Waals surface area contributed by atoms with Crippen molar-refractivity contribution in [3.8, 4) is 0 Å². The van der Waals surface area contributed by atoms with Gasteiger partial charge in [0.25, 0.3) is 0 Å². The number of aldehydes is 1. The second kappa shape index (κ2) is 18.2. The molecule has 0 fully saturated rings. The number of hydrogen-bond acceptors (Lipinski definition) is 10. The van der Waals surface area contributed by atoms with Crippen LogP contribution in [0.25, 0.3) is 0 Å². The Morgan fingerprint density at radius 3 is 2.32 bits per heavy atom. The van der Waals surface area contributed by atoms with E-state index in [0.717, 1.165) is 6.92 Å². The zero-order chi connectivity index (χ0) is 29.5. The Balaban J connectivity index is 0.0000152. The van der Waals surface area contributed by atoms with Crippen LogP contribution in [0.2, 0.25) is 1.41 Å². The molecule has 0 saturated heterocycles. The van der Waals surface area contributed by atoms with Crippen molar-refractivity contribution in [2.75, 3.05) is 0 Å². The molecule has 1 aromatic rings.